The molecule has 6 nitrogen and oxygen atoms in total. The monoisotopic (exact) mass is 362 g/mol. The minimum absolute atomic E-state index is 0.0385. The van der Waals surface area contributed by atoms with Crippen LogP contribution >= 0.6 is 11.6 Å². The molecular formula is C18H27ClN6. The number of nitrogens with one attached hydrogen (secondary N) is 1. The fraction of sp³-hybridized carbons (Fsp3) is 0.611. The zero-order valence-corrected chi connectivity index (χ0v) is 15.5. The van der Waals surface area contributed by atoms with Crippen LogP contribution in [0.5, 0.6) is 0 Å². The molecule has 1 fully saturated rings. The van der Waals surface area contributed by atoms with E-state index in [2.05, 4.69) is 27.8 Å². The Morgan fingerprint density at radius 1 is 1.24 bits per heavy atom. The van der Waals surface area contributed by atoms with Gasteiger partial charge in [-0.1, -0.05) is 37.1 Å². The van der Waals surface area contributed by atoms with Gasteiger partial charge in [0.2, 0.25) is 0 Å². The number of tetrazole rings is 1. The van der Waals surface area contributed by atoms with E-state index in [1.54, 1.807) is 0 Å². The van der Waals surface area contributed by atoms with E-state index in [0.717, 1.165) is 61.5 Å². The minimum atomic E-state index is -0.0385. The van der Waals surface area contributed by atoms with E-state index in [0.29, 0.717) is 12.1 Å². The fourth-order valence-corrected chi connectivity index (χ4v) is 3.51. The zero-order valence-electron chi connectivity index (χ0n) is 14.7. The minimum Gasteiger partial charge on any atom is -0.328 e. The van der Waals surface area contributed by atoms with E-state index in [1.807, 2.05) is 28.9 Å². The molecule has 1 aromatic heterocycles. The van der Waals surface area contributed by atoms with Gasteiger partial charge in [-0.3, -0.25) is 0 Å². The number of rotatable bonds is 7. The highest BCUT2D eigenvalue weighted by molar-refractivity contribution is 6.30. The van der Waals surface area contributed by atoms with Crippen molar-refractivity contribution in [2.24, 2.45) is 5.73 Å². The van der Waals surface area contributed by atoms with Crippen LogP contribution in [0.15, 0.2) is 24.3 Å². The Kier molecular flexibility index (Phi) is 6.39. The Morgan fingerprint density at radius 2 is 1.96 bits per heavy atom. The number of nitrogens with two attached hydrogens (primary N) is 1. The molecule has 25 heavy (non-hydrogen) atoms. The predicted molar refractivity (Wildman–Crippen MR) is 99.4 cm³/mol. The Labute approximate surface area is 154 Å². The first-order valence-electron chi connectivity index (χ1n) is 9.20. The largest absolute Gasteiger partial charge is 0.328 e. The van der Waals surface area contributed by atoms with E-state index in [1.165, 1.54) is 0 Å². The van der Waals surface area contributed by atoms with Crippen molar-refractivity contribution in [1.82, 2.24) is 25.5 Å². The number of aromatic nitrogens is 4. The molecule has 1 aliphatic rings. The lowest BCUT2D eigenvalue weighted by molar-refractivity contribution is 0.320. The number of hydrogen-bond donors (Lipinski definition) is 2. The molecule has 0 aliphatic heterocycles. The molecule has 0 amide bonds. The number of unbranched alkanes of at least 4 members (excludes halogenated alkanes) is 1. The van der Waals surface area contributed by atoms with Crippen LogP contribution in [0.1, 0.15) is 62.9 Å². The number of halogens is 1. The molecule has 2 aromatic rings. The van der Waals surface area contributed by atoms with Crippen LogP contribution in [-0.2, 0) is 6.54 Å². The highest BCUT2D eigenvalue weighted by Crippen LogP contribution is 2.26. The van der Waals surface area contributed by atoms with Gasteiger partial charge >= 0.3 is 0 Å². The molecule has 0 radical (unpaired) electrons. The summed E-state index contributed by atoms with van der Waals surface area (Å²) in [4.78, 5) is 0. The number of hydrogen-bond acceptors (Lipinski definition) is 5. The number of aryl methyl sites for hydroxylation is 1. The van der Waals surface area contributed by atoms with Crippen molar-refractivity contribution in [3.63, 3.8) is 0 Å². The first kappa shape index (κ1) is 18.3. The van der Waals surface area contributed by atoms with Gasteiger partial charge in [0.1, 0.15) is 0 Å². The van der Waals surface area contributed by atoms with Crippen molar-refractivity contribution >= 4 is 11.6 Å². The van der Waals surface area contributed by atoms with Gasteiger partial charge < -0.3 is 11.1 Å². The van der Waals surface area contributed by atoms with Crippen LogP contribution in [0.2, 0.25) is 5.02 Å². The molecule has 1 aliphatic carbocycles. The summed E-state index contributed by atoms with van der Waals surface area (Å²) in [6.45, 7) is 3.00. The molecule has 136 valence electrons. The fourth-order valence-electron chi connectivity index (χ4n) is 3.38. The summed E-state index contributed by atoms with van der Waals surface area (Å²) in [5, 5.41) is 16.9. The molecule has 1 saturated carbocycles. The second-order valence-electron chi connectivity index (χ2n) is 6.88. The van der Waals surface area contributed by atoms with E-state index in [-0.39, 0.29) is 6.04 Å². The molecule has 1 unspecified atom stereocenters. The maximum absolute atomic E-state index is 6.07. The van der Waals surface area contributed by atoms with Gasteiger partial charge in [0.25, 0.3) is 0 Å². The molecule has 1 heterocycles. The molecule has 0 spiro atoms. The van der Waals surface area contributed by atoms with E-state index >= 15 is 0 Å². The lowest BCUT2D eigenvalue weighted by atomic mass is 9.90. The van der Waals surface area contributed by atoms with Crippen LogP contribution < -0.4 is 11.1 Å². The molecule has 3 rings (SSSR count). The Balaban J connectivity index is 1.84. The molecular weight excluding hydrogens is 336 g/mol. The molecule has 1 aromatic carbocycles. The van der Waals surface area contributed by atoms with Crippen molar-refractivity contribution in [2.75, 3.05) is 0 Å². The molecule has 7 heteroatoms. The third kappa shape index (κ3) is 4.77. The third-order valence-electron chi connectivity index (χ3n) is 4.92. The average molecular weight is 363 g/mol. The van der Waals surface area contributed by atoms with Gasteiger partial charge in [0, 0.05) is 23.7 Å². The molecule has 0 bridgehead atoms. The van der Waals surface area contributed by atoms with Crippen molar-refractivity contribution in [3.05, 3.63) is 40.7 Å². The molecule has 0 saturated heterocycles. The maximum atomic E-state index is 6.07. The van der Waals surface area contributed by atoms with E-state index < -0.39 is 0 Å². The Hall–Kier alpha value is -1.50. The summed E-state index contributed by atoms with van der Waals surface area (Å²) >= 11 is 6.07. The molecule has 3 N–H and O–H groups in total. The smallest absolute Gasteiger partial charge is 0.172 e. The number of nitrogens with zero attached hydrogens (tertiary/aromatic N) is 4. The Morgan fingerprint density at radius 3 is 2.64 bits per heavy atom. The van der Waals surface area contributed by atoms with Crippen molar-refractivity contribution in [2.45, 2.75) is 70.1 Å². The summed E-state index contributed by atoms with van der Waals surface area (Å²) in [6, 6.07) is 8.66. The SMILES string of the molecule is CCCCn1nnnc1C(NC1CCC(N)CC1)c1ccc(Cl)cc1. The molecule has 1 atom stereocenters. The first-order valence-corrected chi connectivity index (χ1v) is 9.58. The standard InChI is InChI=1S/C18H27ClN6/c1-2-3-12-25-18(22-23-24-25)17(13-4-6-14(19)7-5-13)21-16-10-8-15(20)9-11-16/h4-7,15-17,21H,2-3,8-12,20H2,1H3. The average Bonchev–Trinajstić information content (AvgIpc) is 3.08. The second kappa shape index (κ2) is 8.74. The topological polar surface area (TPSA) is 81.7 Å². The second-order valence-corrected chi connectivity index (χ2v) is 7.31. The first-order chi connectivity index (χ1) is 12.2. The zero-order chi connectivity index (χ0) is 17.6. The van der Waals surface area contributed by atoms with Gasteiger partial charge in [-0.15, -0.1) is 5.10 Å². The van der Waals surface area contributed by atoms with E-state index in [9.17, 15) is 0 Å². The number of benzene rings is 1. The quantitative estimate of drug-likeness (QED) is 0.791. The summed E-state index contributed by atoms with van der Waals surface area (Å²) < 4.78 is 1.92. The lowest BCUT2D eigenvalue weighted by Gasteiger charge is -2.30. The van der Waals surface area contributed by atoms with Gasteiger partial charge in [-0.05, 0) is 60.2 Å². The maximum Gasteiger partial charge on any atom is 0.172 e. The van der Waals surface area contributed by atoms with Crippen LogP contribution in [0, 0.1) is 0 Å². The van der Waals surface area contributed by atoms with Crippen molar-refractivity contribution < 1.29 is 0 Å². The van der Waals surface area contributed by atoms with Crippen LogP contribution in [-0.4, -0.2) is 32.3 Å². The van der Waals surface area contributed by atoms with E-state index in [4.69, 9.17) is 17.3 Å². The van der Waals surface area contributed by atoms with Gasteiger partial charge in [-0.2, -0.15) is 0 Å². The predicted octanol–water partition coefficient (Wildman–Crippen LogP) is 3.08. The van der Waals surface area contributed by atoms with Crippen molar-refractivity contribution in [1.29, 1.82) is 0 Å². The summed E-state index contributed by atoms with van der Waals surface area (Å²) in [5.74, 6) is 0.866. The highest BCUT2D eigenvalue weighted by atomic mass is 35.5. The van der Waals surface area contributed by atoms with Gasteiger partial charge in [0.15, 0.2) is 5.82 Å². The van der Waals surface area contributed by atoms with Gasteiger partial charge in [0.05, 0.1) is 6.04 Å². The summed E-state index contributed by atoms with van der Waals surface area (Å²) in [6.07, 6.45) is 6.46. The van der Waals surface area contributed by atoms with Crippen LogP contribution in [0.3, 0.4) is 0 Å². The summed E-state index contributed by atoms with van der Waals surface area (Å²) in [5.41, 5.74) is 7.18. The summed E-state index contributed by atoms with van der Waals surface area (Å²) in [7, 11) is 0. The third-order valence-corrected chi connectivity index (χ3v) is 5.17. The Bertz CT molecular complexity index is 648. The highest BCUT2D eigenvalue weighted by Gasteiger charge is 2.26. The van der Waals surface area contributed by atoms with Crippen molar-refractivity contribution in [3.8, 4) is 0 Å². The normalized spacial score (nSPS) is 22.0. The van der Waals surface area contributed by atoms with Gasteiger partial charge in [-0.25, -0.2) is 4.68 Å². The lowest BCUT2D eigenvalue weighted by Crippen LogP contribution is -2.40. The van der Waals surface area contributed by atoms with Crippen LogP contribution in [0.4, 0.5) is 0 Å². The van der Waals surface area contributed by atoms with Crippen LogP contribution in [0.25, 0.3) is 0 Å².